The molecular weight excluding hydrogens is 258 g/mol. The highest BCUT2D eigenvalue weighted by atomic mass is 32.1. The SMILES string of the molecule is CCNc1ncnc(NCc2scnc2C)c1CC. The molecule has 2 aromatic rings. The lowest BCUT2D eigenvalue weighted by molar-refractivity contribution is 1.000. The molecule has 5 nitrogen and oxygen atoms in total. The van der Waals surface area contributed by atoms with Crippen molar-refractivity contribution in [2.45, 2.75) is 33.7 Å². The first-order valence-electron chi connectivity index (χ1n) is 6.46. The van der Waals surface area contributed by atoms with Crippen LogP contribution in [0.15, 0.2) is 11.8 Å². The van der Waals surface area contributed by atoms with Crippen LogP contribution in [0.4, 0.5) is 11.6 Å². The Morgan fingerprint density at radius 2 is 1.84 bits per heavy atom. The van der Waals surface area contributed by atoms with Crippen LogP contribution >= 0.6 is 11.3 Å². The van der Waals surface area contributed by atoms with Crippen LogP contribution < -0.4 is 10.6 Å². The fourth-order valence-electron chi connectivity index (χ4n) is 1.88. The van der Waals surface area contributed by atoms with Crippen molar-refractivity contribution < 1.29 is 0 Å². The van der Waals surface area contributed by atoms with E-state index in [9.17, 15) is 0 Å². The number of anilines is 2. The molecule has 0 aromatic carbocycles. The highest BCUT2D eigenvalue weighted by Crippen LogP contribution is 2.22. The number of nitrogens with zero attached hydrogens (tertiary/aromatic N) is 3. The molecule has 0 bridgehead atoms. The number of hydrogen-bond acceptors (Lipinski definition) is 6. The Morgan fingerprint density at radius 3 is 2.42 bits per heavy atom. The third kappa shape index (κ3) is 3.20. The lowest BCUT2D eigenvalue weighted by Crippen LogP contribution is -2.09. The Balaban J connectivity index is 2.15. The predicted octanol–water partition coefficient (Wildman–Crippen LogP) is 2.85. The van der Waals surface area contributed by atoms with Crippen LogP contribution in [0.25, 0.3) is 0 Å². The van der Waals surface area contributed by atoms with E-state index >= 15 is 0 Å². The van der Waals surface area contributed by atoms with Gasteiger partial charge in [-0.25, -0.2) is 15.0 Å². The molecule has 19 heavy (non-hydrogen) atoms. The van der Waals surface area contributed by atoms with Crippen molar-refractivity contribution in [1.29, 1.82) is 0 Å². The molecule has 2 heterocycles. The highest BCUT2D eigenvalue weighted by molar-refractivity contribution is 7.09. The summed E-state index contributed by atoms with van der Waals surface area (Å²) in [5.74, 6) is 1.82. The molecule has 0 amide bonds. The average molecular weight is 277 g/mol. The average Bonchev–Trinajstić information content (AvgIpc) is 2.82. The topological polar surface area (TPSA) is 62.7 Å². The fourth-order valence-corrected chi connectivity index (χ4v) is 2.60. The van der Waals surface area contributed by atoms with Gasteiger partial charge in [0.2, 0.25) is 0 Å². The largest absolute Gasteiger partial charge is 0.370 e. The standard InChI is InChI=1S/C13H19N5S/c1-4-10-12(14-5-2)16-7-17-13(10)15-6-11-9(3)18-8-19-11/h7-8H,4-6H2,1-3H3,(H2,14,15,16,17). The molecule has 2 rings (SSSR count). The van der Waals surface area contributed by atoms with E-state index in [1.165, 1.54) is 4.88 Å². The highest BCUT2D eigenvalue weighted by Gasteiger charge is 2.09. The van der Waals surface area contributed by atoms with Gasteiger partial charge < -0.3 is 10.6 Å². The van der Waals surface area contributed by atoms with Gasteiger partial charge in [-0.2, -0.15) is 0 Å². The minimum atomic E-state index is 0.756. The van der Waals surface area contributed by atoms with E-state index in [1.807, 2.05) is 12.4 Å². The van der Waals surface area contributed by atoms with Gasteiger partial charge in [0, 0.05) is 17.0 Å². The Kier molecular flexibility index (Phi) is 4.68. The lowest BCUT2D eigenvalue weighted by atomic mass is 10.2. The molecule has 0 aliphatic rings. The molecular formula is C13H19N5S. The van der Waals surface area contributed by atoms with E-state index in [-0.39, 0.29) is 0 Å². The summed E-state index contributed by atoms with van der Waals surface area (Å²) in [5, 5.41) is 6.66. The second-order valence-electron chi connectivity index (χ2n) is 4.15. The molecule has 0 radical (unpaired) electrons. The third-order valence-electron chi connectivity index (χ3n) is 2.90. The monoisotopic (exact) mass is 277 g/mol. The van der Waals surface area contributed by atoms with Crippen LogP contribution in [0.2, 0.25) is 0 Å². The normalized spacial score (nSPS) is 10.5. The van der Waals surface area contributed by atoms with Crippen LogP contribution in [-0.2, 0) is 13.0 Å². The Labute approximate surface area is 117 Å². The molecule has 0 unspecified atom stereocenters. The number of rotatable bonds is 6. The predicted molar refractivity (Wildman–Crippen MR) is 79.8 cm³/mol. The zero-order chi connectivity index (χ0) is 13.7. The first kappa shape index (κ1) is 13.7. The quantitative estimate of drug-likeness (QED) is 0.850. The minimum absolute atomic E-state index is 0.756. The van der Waals surface area contributed by atoms with Crippen molar-refractivity contribution in [3.63, 3.8) is 0 Å². The van der Waals surface area contributed by atoms with Crippen LogP contribution in [-0.4, -0.2) is 21.5 Å². The maximum Gasteiger partial charge on any atom is 0.135 e. The second kappa shape index (κ2) is 6.47. The van der Waals surface area contributed by atoms with E-state index in [0.717, 1.165) is 42.4 Å². The van der Waals surface area contributed by atoms with E-state index < -0.39 is 0 Å². The van der Waals surface area contributed by atoms with E-state index in [4.69, 9.17) is 0 Å². The zero-order valence-corrected chi connectivity index (χ0v) is 12.3. The number of aryl methyl sites for hydroxylation is 1. The summed E-state index contributed by atoms with van der Waals surface area (Å²) < 4.78 is 0. The number of thiazole rings is 1. The van der Waals surface area contributed by atoms with Crippen molar-refractivity contribution in [1.82, 2.24) is 15.0 Å². The Bertz CT molecular complexity index is 538. The molecule has 0 aliphatic carbocycles. The number of nitrogens with one attached hydrogen (secondary N) is 2. The van der Waals surface area contributed by atoms with E-state index in [1.54, 1.807) is 17.7 Å². The first-order chi connectivity index (χ1) is 9.26. The maximum absolute atomic E-state index is 4.34. The summed E-state index contributed by atoms with van der Waals surface area (Å²) in [6, 6.07) is 0. The fraction of sp³-hybridized carbons (Fsp3) is 0.462. The zero-order valence-electron chi connectivity index (χ0n) is 11.5. The molecule has 2 aromatic heterocycles. The summed E-state index contributed by atoms with van der Waals surface area (Å²) in [6.45, 7) is 7.82. The smallest absolute Gasteiger partial charge is 0.135 e. The van der Waals surface area contributed by atoms with Gasteiger partial charge in [0.1, 0.15) is 18.0 Å². The molecule has 6 heteroatoms. The molecule has 0 spiro atoms. The molecule has 0 saturated carbocycles. The van der Waals surface area contributed by atoms with Gasteiger partial charge >= 0.3 is 0 Å². The van der Waals surface area contributed by atoms with E-state index in [2.05, 4.69) is 39.4 Å². The summed E-state index contributed by atoms with van der Waals surface area (Å²) >= 11 is 1.66. The van der Waals surface area contributed by atoms with Gasteiger partial charge in [0.25, 0.3) is 0 Å². The van der Waals surface area contributed by atoms with Crippen LogP contribution in [0.5, 0.6) is 0 Å². The van der Waals surface area contributed by atoms with Gasteiger partial charge in [0.05, 0.1) is 17.7 Å². The van der Waals surface area contributed by atoms with Crippen molar-refractivity contribution in [3.05, 3.63) is 28.0 Å². The van der Waals surface area contributed by atoms with Crippen LogP contribution in [0.1, 0.15) is 30.0 Å². The van der Waals surface area contributed by atoms with Crippen LogP contribution in [0, 0.1) is 6.92 Å². The van der Waals surface area contributed by atoms with Gasteiger partial charge in [-0.1, -0.05) is 6.92 Å². The van der Waals surface area contributed by atoms with Gasteiger partial charge in [-0.05, 0) is 20.3 Å². The molecule has 0 saturated heterocycles. The Hall–Kier alpha value is -1.69. The molecule has 2 N–H and O–H groups in total. The lowest BCUT2D eigenvalue weighted by Gasteiger charge is -2.13. The van der Waals surface area contributed by atoms with Gasteiger partial charge in [-0.15, -0.1) is 11.3 Å². The third-order valence-corrected chi connectivity index (χ3v) is 3.84. The molecule has 102 valence electrons. The number of hydrogen-bond donors (Lipinski definition) is 2. The first-order valence-corrected chi connectivity index (χ1v) is 7.34. The van der Waals surface area contributed by atoms with Crippen molar-refractivity contribution in [2.75, 3.05) is 17.2 Å². The summed E-state index contributed by atoms with van der Waals surface area (Å²) in [6.07, 6.45) is 2.49. The molecule has 0 atom stereocenters. The summed E-state index contributed by atoms with van der Waals surface area (Å²) in [5.41, 5.74) is 4.08. The number of aromatic nitrogens is 3. The van der Waals surface area contributed by atoms with Gasteiger partial charge in [-0.3, -0.25) is 0 Å². The van der Waals surface area contributed by atoms with Gasteiger partial charge in [0.15, 0.2) is 0 Å². The van der Waals surface area contributed by atoms with Crippen molar-refractivity contribution >= 4 is 23.0 Å². The maximum atomic E-state index is 4.34. The van der Waals surface area contributed by atoms with Crippen molar-refractivity contribution in [2.24, 2.45) is 0 Å². The van der Waals surface area contributed by atoms with Crippen LogP contribution in [0.3, 0.4) is 0 Å². The van der Waals surface area contributed by atoms with Crippen molar-refractivity contribution in [3.8, 4) is 0 Å². The second-order valence-corrected chi connectivity index (χ2v) is 5.09. The summed E-state index contributed by atoms with van der Waals surface area (Å²) in [4.78, 5) is 14.1. The molecule has 0 aliphatic heterocycles. The Morgan fingerprint density at radius 1 is 1.11 bits per heavy atom. The molecule has 0 fully saturated rings. The van der Waals surface area contributed by atoms with E-state index in [0.29, 0.717) is 0 Å². The summed E-state index contributed by atoms with van der Waals surface area (Å²) in [7, 11) is 0. The minimum Gasteiger partial charge on any atom is -0.370 e.